The predicted molar refractivity (Wildman–Crippen MR) is 77.6 cm³/mol. The van der Waals surface area contributed by atoms with Crippen molar-refractivity contribution in [3.05, 3.63) is 35.2 Å². The molecule has 1 aliphatic heterocycles. The first-order valence-corrected chi connectivity index (χ1v) is 7.36. The molecule has 1 saturated heterocycles. The molecule has 1 aromatic carbocycles. The van der Waals surface area contributed by atoms with E-state index < -0.39 is 6.04 Å². The Balaban J connectivity index is 1.76. The van der Waals surface area contributed by atoms with Crippen LogP contribution in [-0.4, -0.2) is 25.2 Å². The lowest BCUT2D eigenvalue weighted by Gasteiger charge is -2.15. The van der Waals surface area contributed by atoms with E-state index in [-0.39, 0.29) is 11.8 Å². The molecule has 0 aliphatic carbocycles. The number of nitrogens with zero attached hydrogens (tertiary/aromatic N) is 1. The van der Waals surface area contributed by atoms with E-state index in [4.69, 9.17) is 4.74 Å². The topological polar surface area (TPSA) is 62.1 Å². The highest BCUT2D eigenvalue weighted by molar-refractivity contribution is 7.20. The first kappa shape index (κ1) is 13.1. The third-order valence-electron chi connectivity index (χ3n) is 3.51. The molecule has 20 heavy (non-hydrogen) atoms. The van der Waals surface area contributed by atoms with Gasteiger partial charge in [0.2, 0.25) is 0 Å². The third kappa shape index (κ3) is 2.53. The van der Waals surface area contributed by atoms with Gasteiger partial charge in [0.25, 0.3) is 5.91 Å². The van der Waals surface area contributed by atoms with Crippen LogP contribution in [0.15, 0.2) is 30.3 Å². The fourth-order valence-corrected chi connectivity index (χ4v) is 3.34. The molecule has 0 saturated carbocycles. The van der Waals surface area contributed by atoms with Crippen LogP contribution in [0.25, 0.3) is 10.1 Å². The van der Waals surface area contributed by atoms with E-state index in [1.807, 2.05) is 30.3 Å². The number of carbonyl (C=O) groups excluding carboxylic acids is 1. The number of ether oxygens (including phenoxy) is 1. The van der Waals surface area contributed by atoms with Gasteiger partial charge < -0.3 is 10.1 Å². The minimum atomic E-state index is -0.477. The van der Waals surface area contributed by atoms with Crippen LogP contribution in [0.1, 0.15) is 16.1 Å². The summed E-state index contributed by atoms with van der Waals surface area (Å²) in [4.78, 5) is 12.9. The molecule has 1 N–H and O–H groups in total. The lowest BCUT2D eigenvalue weighted by molar-refractivity contribution is 0.0935. The predicted octanol–water partition coefficient (Wildman–Crippen LogP) is 2.56. The standard InChI is InChI=1S/C15H14N2O2S/c16-8-12(11-5-6-19-9-11)17-15(18)14-7-10-3-1-2-4-13(10)20-14/h1-4,7,11-12H,5-6,9H2,(H,17,18)/t11-,12-/m0/s1. The quantitative estimate of drug-likeness (QED) is 0.943. The fraction of sp³-hybridized carbons (Fsp3) is 0.333. The molecule has 2 aromatic rings. The second kappa shape index (κ2) is 5.61. The second-order valence-corrected chi connectivity index (χ2v) is 5.94. The summed E-state index contributed by atoms with van der Waals surface area (Å²) in [5.41, 5.74) is 0. The molecule has 1 fully saturated rings. The molecule has 0 spiro atoms. The number of hydrogen-bond donors (Lipinski definition) is 1. The summed E-state index contributed by atoms with van der Waals surface area (Å²) < 4.78 is 6.35. The van der Waals surface area contributed by atoms with E-state index >= 15 is 0 Å². The van der Waals surface area contributed by atoms with Crippen molar-refractivity contribution in [2.24, 2.45) is 5.92 Å². The van der Waals surface area contributed by atoms with Crippen molar-refractivity contribution < 1.29 is 9.53 Å². The minimum absolute atomic E-state index is 0.0957. The molecule has 0 bridgehead atoms. The molecular weight excluding hydrogens is 272 g/mol. The van der Waals surface area contributed by atoms with Crippen molar-refractivity contribution in [1.29, 1.82) is 5.26 Å². The monoisotopic (exact) mass is 286 g/mol. The molecule has 1 aliphatic rings. The zero-order chi connectivity index (χ0) is 13.9. The van der Waals surface area contributed by atoms with E-state index in [9.17, 15) is 10.1 Å². The van der Waals surface area contributed by atoms with Crippen LogP contribution < -0.4 is 5.32 Å². The smallest absolute Gasteiger partial charge is 0.262 e. The molecule has 3 rings (SSSR count). The lowest BCUT2D eigenvalue weighted by Crippen LogP contribution is -2.39. The number of amides is 1. The maximum Gasteiger partial charge on any atom is 0.262 e. The molecule has 5 heteroatoms. The summed E-state index contributed by atoms with van der Waals surface area (Å²) in [7, 11) is 0. The fourth-order valence-electron chi connectivity index (χ4n) is 2.38. The van der Waals surface area contributed by atoms with Crippen molar-refractivity contribution in [1.82, 2.24) is 5.32 Å². The summed E-state index contributed by atoms with van der Waals surface area (Å²) in [6.07, 6.45) is 0.824. The minimum Gasteiger partial charge on any atom is -0.381 e. The Bertz CT molecular complexity index is 635. The Kier molecular flexibility index (Phi) is 3.68. The van der Waals surface area contributed by atoms with Crippen molar-refractivity contribution in [2.45, 2.75) is 12.5 Å². The number of nitrogens with one attached hydrogen (secondary N) is 1. The van der Waals surface area contributed by atoms with Crippen LogP contribution in [0.3, 0.4) is 0 Å². The van der Waals surface area contributed by atoms with Crippen molar-refractivity contribution >= 4 is 27.3 Å². The van der Waals surface area contributed by atoms with Gasteiger partial charge in [-0.1, -0.05) is 18.2 Å². The molecule has 2 heterocycles. The first-order chi connectivity index (χ1) is 9.78. The van der Waals surface area contributed by atoms with Crippen LogP contribution in [0, 0.1) is 17.2 Å². The Morgan fingerprint density at radius 3 is 3.05 bits per heavy atom. The van der Waals surface area contributed by atoms with E-state index in [2.05, 4.69) is 11.4 Å². The van der Waals surface area contributed by atoms with Crippen LogP contribution in [0.2, 0.25) is 0 Å². The number of fused-ring (bicyclic) bond motifs is 1. The normalized spacial score (nSPS) is 19.6. The highest BCUT2D eigenvalue weighted by Gasteiger charge is 2.27. The number of nitriles is 1. The van der Waals surface area contributed by atoms with Gasteiger partial charge in [0.05, 0.1) is 17.6 Å². The molecule has 1 amide bonds. The van der Waals surface area contributed by atoms with Gasteiger partial charge in [-0.05, 0) is 23.9 Å². The van der Waals surface area contributed by atoms with E-state index in [1.165, 1.54) is 11.3 Å². The summed E-state index contributed by atoms with van der Waals surface area (Å²) in [6.45, 7) is 1.21. The highest BCUT2D eigenvalue weighted by atomic mass is 32.1. The molecule has 102 valence electrons. The average molecular weight is 286 g/mol. The van der Waals surface area contributed by atoms with Gasteiger partial charge in [0, 0.05) is 17.2 Å². The lowest BCUT2D eigenvalue weighted by atomic mass is 10.0. The molecular formula is C15H14N2O2S. The Morgan fingerprint density at radius 1 is 1.50 bits per heavy atom. The van der Waals surface area contributed by atoms with Crippen LogP contribution in [-0.2, 0) is 4.74 Å². The zero-order valence-electron chi connectivity index (χ0n) is 10.8. The molecule has 4 nitrogen and oxygen atoms in total. The van der Waals surface area contributed by atoms with Crippen LogP contribution in [0.4, 0.5) is 0 Å². The van der Waals surface area contributed by atoms with E-state index in [1.54, 1.807) is 0 Å². The maximum absolute atomic E-state index is 12.2. The Morgan fingerprint density at radius 2 is 2.35 bits per heavy atom. The molecule has 0 unspecified atom stereocenters. The van der Waals surface area contributed by atoms with Crippen LogP contribution in [0.5, 0.6) is 0 Å². The third-order valence-corrected chi connectivity index (χ3v) is 4.63. The summed E-state index contributed by atoms with van der Waals surface area (Å²) in [6, 6.07) is 11.4. The SMILES string of the molecule is N#C[C@H](NC(=O)c1cc2ccccc2s1)[C@H]1CCOC1. The van der Waals surface area contributed by atoms with Gasteiger partial charge in [-0.25, -0.2) is 0 Å². The highest BCUT2D eigenvalue weighted by Crippen LogP contribution is 2.25. The maximum atomic E-state index is 12.2. The summed E-state index contributed by atoms with van der Waals surface area (Å²) in [5.74, 6) is -0.0806. The zero-order valence-corrected chi connectivity index (χ0v) is 11.7. The average Bonchev–Trinajstić information content (AvgIpc) is 3.13. The Hall–Kier alpha value is -1.90. The number of hydrogen-bond acceptors (Lipinski definition) is 4. The number of carbonyl (C=O) groups is 1. The van der Waals surface area contributed by atoms with Gasteiger partial charge in [-0.3, -0.25) is 4.79 Å². The van der Waals surface area contributed by atoms with Gasteiger partial charge in [0.1, 0.15) is 6.04 Å². The van der Waals surface area contributed by atoms with Crippen molar-refractivity contribution in [2.75, 3.05) is 13.2 Å². The number of thiophene rings is 1. The number of rotatable bonds is 3. The first-order valence-electron chi connectivity index (χ1n) is 6.55. The van der Waals surface area contributed by atoms with Gasteiger partial charge in [-0.2, -0.15) is 5.26 Å². The Labute approximate surface area is 121 Å². The largest absolute Gasteiger partial charge is 0.381 e. The molecule has 0 radical (unpaired) electrons. The molecule has 1 aromatic heterocycles. The van der Waals surface area contributed by atoms with Crippen molar-refractivity contribution in [3.8, 4) is 6.07 Å². The molecule has 2 atom stereocenters. The van der Waals surface area contributed by atoms with E-state index in [0.29, 0.717) is 18.1 Å². The second-order valence-electron chi connectivity index (χ2n) is 4.85. The van der Waals surface area contributed by atoms with Gasteiger partial charge in [0.15, 0.2) is 0 Å². The van der Waals surface area contributed by atoms with Gasteiger partial charge >= 0.3 is 0 Å². The summed E-state index contributed by atoms with van der Waals surface area (Å²) in [5, 5.41) is 13.1. The van der Waals surface area contributed by atoms with Crippen molar-refractivity contribution in [3.63, 3.8) is 0 Å². The number of benzene rings is 1. The summed E-state index contributed by atoms with van der Waals surface area (Å²) >= 11 is 1.45. The van der Waals surface area contributed by atoms with E-state index in [0.717, 1.165) is 16.5 Å². The van der Waals surface area contributed by atoms with Crippen LogP contribution >= 0.6 is 11.3 Å². The van der Waals surface area contributed by atoms with Gasteiger partial charge in [-0.15, -0.1) is 11.3 Å².